The first-order chi connectivity index (χ1) is 32.2. The molecule has 0 heterocycles. The SMILES string of the molecule is CCCCCCCCCCCCCCCCCCCCC[Si]([O])(CCCCCCCCCCCCCCCCCCCCC)CCCCCCCCCCCCCCCCCCCCC. The zero-order valence-corrected chi connectivity index (χ0v) is 47.3. The van der Waals surface area contributed by atoms with E-state index in [4.69, 9.17) is 0 Å². The second-order valence-corrected chi connectivity index (χ2v) is 26.4. The molecular weight excluding hydrogens is 801 g/mol. The number of hydrogen-bond acceptors (Lipinski definition) is 0. The van der Waals surface area contributed by atoms with E-state index in [9.17, 15) is 4.80 Å². The maximum Gasteiger partial charge on any atom is 0.237 e. The maximum absolute atomic E-state index is 14.4. The molecule has 0 unspecified atom stereocenters. The van der Waals surface area contributed by atoms with Crippen molar-refractivity contribution in [2.45, 2.75) is 405 Å². The van der Waals surface area contributed by atoms with Crippen LogP contribution < -0.4 is 0 Å². The molecule has 0 aliphatic heterocycles. The molecule has 0 amide bonds. The lowest BCUT2D eigenvalue weighted by Gasteiger charge is -2.23. The topological polar surface area (TPSA) is 19.9 Å². The molecule has 0 aromatic heterocycles. The number of unbranched alkanes of at least 4 members (excludes halogenated alkanes) is 54. The van der Waals surface area contributed by atoms with E-state index in [1.165, 1.54) is 366 Å². The third-order valence-corrected chi connectivity index (χ3v) is 19.5. The van der Waals surface area contributed by atoms with Crippen LogP contribution in [0, 0.1) is 0 Å². The van der Waals surface area contributed by atoms with Crippen molar-refractivity contribution in [1.82, 2.24) is 0 Å². The van der Waals surface area contributed by atoms with Gasteiger partial charge in [0.2, 0.25) is 8.32 Å². The van der Waals surface area contributed by atoms with Crippen LogP contribution in [0.1, 0.15) is 387 Å². The van der Waals surface area contributed by atoms with Gasteiger partial charge >= 0.3 is 0 Å². The normalized spacial score (nSPS) is 12.0. The van der Waals surface area contributed by atoms with Crippen molar-refractivity contribution in [2.75, 3.05) is 0 Å². The van der Waals surface area contributed by atoms with Crippen LogP contribution in [0.3, 0.4) is 0 Å². The molecule has 0 atom stereocenters. The third-order valence-electron chi connectivity index (χ3n) is 15.7. The Bertz CT molecular complexity index is 708. The minimum Gasteiger partial charge on any atom is -0.297 e. The summed E-state index contributed by atoms with van der Waals surface area (Å²) >= 11 is 0. The predicted octanol–water partition coefficient (Wildman–Crippen LogP) is 24.7. The Morgan fingerprint density at radius 1 is 0.154 bits per heavy atom. The summed E-state index contributed by atoms with van der Waals surface area (Å²) in [4.78, 5) is 14.4. The minimum absolute atomic E-state index is 1.09. The van der Waals surface area contributed by atoms with Gasteiger partial charge in [0.25, 0.3) is 0 Å². The highest BCUT2D eigenvalue weighted by Crippen LogP contribution is 2.29. The van der Waals surface area contributed by atoms with E-state index in [1.54, 1.807) is 0 Å². The summed E-state index contributed by atoms with van der Waals surface area (Å²) in [6, 6.07) is 3.26. The molecule has 1 radical (unpaired) electrons. The Balaban J connectivity index is 4.08. The van der Waals surface area contributed by atoms with Crippen LogP contribution in [0.2, 0.25) is 18.1 Å². The van der Waals surface area contributed by atoms with Crippen molar-refractivity contribution in [3.05, 3.63) is 0 Å². The van der Waals surface area contributed by atoms with Gasteiger partial charge in [-0.15, -0.1) is 0 Å². The van der Waals surface area contributed by atoms with E-state index in [0.717, 1.165) is 18.1 Å². The van der Waals surface area contributed by atoms with E-state index < -0.39 is 8.32 Å². The average Bonchev–Trinajstić information content (AvgIpc) is 3.31. The molecule has 0 aliphatic rings. The van der Waals surface area contributed by atoms with Crippen LogP contribution >= 0.6 is 0 Å². The fourth-order valence-corrected chi connectivity index (χ4v) is 14.4. The second kappa shape index (κ2) is 58.5. The minimum atomic E-state index is -2.34. The lowest BCUT2D eigenvalue weighted by molar-refractivity contribution is 0.397. The van der Waals surface area contributed by atoms with Crippen molar-refractivity contribution >= 4 is 8.32 Å². The van der Waals surface area contributed by atoms with Gasteiger partial charge in [-0.3, -0.25) is 4.80 Å². The van der Waals surface area contributed by atoms with E-state index in [-0.39, 0.29) is 0 Å². The lowest BCUT2D eigenvalue weighted by Crippen LogP contribution is -2.32. The average molecular weight is 931 g/mol. The second-order valence-electron chi connectivity index (χ2n) is 22.5. The van der Waals surface area contributed by atoms with Crippen LogP contribution in [-0.4, -0.2) is 8.32 Å². The summed E-state index contributed by atoms with van der Waals surface area (Å²) in [7, 11) is -2.34. The van der Waals surface area contributed by atoms with Crippen molar-refractivity contribution < 1.29 is 4.80 Å². The Labute approximate surface area is 416 Å². The smallest absolute Gasteiger partial charge is 0.237 e. The van der Waals surface area contributed by atoms with Crippen LogP contribution in [0.4, 0.5) is 0 Å². The van der Waals surface area contributed by atoms with E-state index in [1.807, 2.05) is 0 Å². The summed E-state index contributed by atoms with van der Waals surface area (Å²) < 4.78 is 0. The van der Waals surface area contributed by atoms with Crippen LogP contribution in [0.25, 0.3) is 0 Å². The Morgan fingerprint density at radius 3 is 0.354 bits per heavy atom. The van der Waals surface area contributed by atoms with Crippen molar-refractivity contribution in [1.29, 1.82) is 0 Å². The van der Waals surface area contributed by atoms with Gasteiger partial charge in [-0.05, 0) is 18.1 Å². The van der Waals surface area contributed by atoms with Gasteiger partial charge in [0.1, 0.15) is 0 Å². The maximum atomic E-state index is 14.4. The van der Waals surface area contributed by atoms with Crippen molar-refractivity contribution in [3.63, 3.8) is 0 Å². The molecule has 0 rings (SSSR count). The van der Waals surface area contributed by atoms with Gasteiger partial charge in [-0.2, -0.15) is 0 Å². The summed E-state index contributed by atoms with van der Waals surface area (Å²) in [5.74, 6) is 0. The van der Waals surface area contributed by atoms with Gasteiger partial charge in [0.05, 0.1) is 0 Å². The molecule has 0 saturated carbocycles. The van der Waals surface area contributed by atoms with Gasteiger partial charge in [-0.25, -0.2) is 0 Å². The molecule has 0 saturated heterocycles. The fourth-order valence-electron chi connectivity index (χ4n) is 11.0. The van der Waals surface area contributed by atoms with Crippen molar-refractivity contribution in [3.8, 4) is 0 Å². The molecule has 0 N–H and O–H groups in total. The molecule has 0 fully saturated rings. The first-order valence-corrected chi connectivity index (χ1v) is 34.4. The van der Waals surface area contributed by atoms with Crippen LogP contribution in [-0.2, 0) is 4.80 Å². The number of rotatable bonds is 60. The lowest BCUT2D eigenvalue weighted by atomic mass is 10.0. The summed E-state index contributed by atoms with van der Waals surface area (Å²) in [5.41, 5.74) is 0. The quantitative estimate of drug-likeness (QED) is 0.0428. The molecule has 0 aliphatic carbocycles. The molecule has 1 nitrogen and oxygen atoms in total. The number of hydrogen-bond donors (Lipinski definition) is 0. The molecule has 391 valence electrons. The zero-order chi connectivity index (χ0) is 46.9. The van der Waals surface area contributed by atoms with Crippen LogP contribution in [0.5, 0.6) is 0 Å². The Morgan fingerprint density at radius 2 is 0.246 bits per heavy atom. The van der Waals surface area contributed by atoms with E-state index in [2.05, 4.69) is 20.8 Å². The molecule has 0 aromatic rings. The van der Waals surface area contributed by atoms with E-state index >= 15 is 0 Å². The first kappa shape index (κ1) is 65.2. The molecule has 65 heavy (non-hydrogen) atoms. The largest absolute Gasteiger partial charge is 0.297 e. The van der Waals surface area contributed by atoms with Crippen LogP contribution in [0.15, 0.2) is 0 Å². The standard InChI is InChI=1S/C63H129OSi/c1-4-7-10-13-16-19-22-25-28-31-34-37-40-43-46-49-52-55-58-61-65(64,62-59-56-53-50-47-44-41-38-35-32-29-26-23-20-17-14-11-8-5-2)63-60-57-54-51-48-45-42-39-36-33-30-27-24-21-18-15-12-9-6-3/h4-63H2,1-3H3. The first-order valence-electron chi connectivity index (χ1n) is 31.9. The predicted molar refractivity (Wildman–Crippen MR) is 301 cm³/mol. The molecule has 0 aromatic carbocycles. The highest BCUT2D eigenvalue weighted by atomic mass is 28.4. The highest BCUT2D eigenvalue weighted by Gasteiger charge is 2.31. The highest BCUT2D eigenvalue weighted by molar-refractivity contribution is 6.72. The summed E-state index contributed by atoms with van der Waals surface area (Å²) in [6.07, 6.45) is 81.4. The zero-order valence-electron chi connectivity index (χ0n) is 46.3. The third kappa shape index (κ3) is 56.7. The monoisotopic (exact) mass is 930 g/mol. The van der Waals surface area contributed by atoms with Gasteiger partial charge in [0.15, 0.2) is 0 Å². The summed E-state index contributed by atoms with van der Waals surface area (Å²) in [5, 5.41) is 0. The molecular formula is C63H129OSi. The van der Waals surface area contributed by atoms with Gasteiger partial charge in [-0.1, -0.05) is 387 Å². The fraction of sp³-hybridized carbons (Fsp3) is 1.00. The summed E-state index contributed by atoms with van der Waals surface area (Å²) in [6.45, 7) is 6.94. The van der Waals surface area contributed by atoms with Crippen molar-refractivity contribution in [2.24, 2.45) is 0 Å². The van der Waals surface area contributed by atoms with Gasteiger partial charge in [0, 0.05) is 0 Å². The Hall–Kier alpha value is 0.177. The Kier molecular flexibility index (Phi) is 58.6. The van der Waals surface area contributed by atoms with Gasteiger partial charge < -0.3 is 0 Å². The molecule has 0 spiro atoms. The molecule has 0 bridgehead atoms. The van der Waals surface area contributed by atoms with E-state index in [0.29, 0.717) is 0 Å². The molecule has 2 heteroatoms.